The molecule has 0 bridgehead atoms. The second-order valence-electron chi connectivity index (χ2n) is 5.18. The van der Waals surface area contributed by atoms with E-state index >= 15 is 0 Å². The number of hydrogen-bond donors (Lipinski definition) is 2. The first-order valence-electron chi connectivity index (χ1n) is 6.89. The molecular formula is C14H22N6. The lowest BCUT2D eigenvalue weighted by atomic mass is 10.1. The molecular weight excluding hydrogens is 252 g/mol. The summed E-state index contributed by atoms with van der Waals surface area (Å²) in [6.07, 6.45) is 0.960. The van der Waals surface area contributed by atoms with Gasteiger partial charge in [-0.25, -0.2) is 20.5 Å². The lowest BCUT2D eigenvalue weighted by molar-refractivity contribution is 0.736. The highest BCUT2D eigenvalue weighted by Crippen LogP contribution is 2.20. The number of nitrogen functional groups attached to an aromatic ring is 1. The zero-order valence-electron chi connectivity index (χ0n) is 12.7. The molecule has 0 spiro atoms. The Morgan fingerprint density at radius 2 is 2.00 bits per heavy atom. The summed E-state index contributed by atoms with van der Waals surface area (Å²) in [5.74, 6) is 7.82. The van der Waals surface area contributed by atoms with E-state index in [2.05, 4.69) is 48.2 Å². The van der Waals surface area contributed by atoms with E-state index in [1.54, 1.807) is 0 Å². The van der Waals surface area contributed by atoms with Crippen molar-refractivity contribution in [2.45, 2.75) is 47.0 Å². The second-order valence-corrected chi connectivity index (χ2v) is 5.18. The molecule has 2 rings (SSSR count). The van der Waals surface area contributed by atoms with Crippen LogP contribution in [0.4, 0.5) is 5.82 Å². The fourth-order valence-corrected chi connectivity index (χ4v) is 2.30. The normalized spacial score (nSPS) is 11.2. The second kappa shape index (κ2) is 5.58. The largest absolute Gasteiger partial charge is 0.308 e. The average molecular weight is 274 g/mol. The third-order valence-corrected chi connectivity index (χ3v) is 3.41. The molecule has 2 heterocycles. The lowest BCUT2D eigenvalue weighted by Crippen LogP contribution is -2.14. The fraction of sp³-hybridized carbons (Fsp3) is 0.500. The Morgan fingerprint density at radius 1 is 1.30 bits per heavy atom. The molecule has 0 atom stereocenters. The Bertz CT molecular complexity index is 614. The molecule has 0 aliphatic carbocycles. The Labute approximate surface area is 119 Å². The van der Waals surface area contributed by atoms with Gasteiger partial charge in [-0.15, -0.1) is 0 Å². The first-order valence-corrected chi connectivity index (χ1v) is 6.89. The van der Waals surface area contributed by atoms with Gasteiger partial charge in [-0.1, -0.05) is 20.8 Å². The molecule has 0 unspecified atom stereocenters. The molecule has 108 valence electrons. The molecule has 6 nitrogen and oxygen atoms in total. The minimum absolute atomic E-state index is 0.227. The molecule has 0 fully saturated rings. The van der Waals surface area contributed by atoms with Gasteiger partial charge in [-0.05, 0) is 25.8 Å². The van der Waals surface area contributed by atoms with Gasteiger partial charge in [0.15, 0.2) is 5.82 Å². The number of aryl methyl sites for hydroxylation is 1. The van der Waals surface area contributed by atoms with Crippen LogP contribution in [0.5, 0.6) is 0 Å². The highest BCUT2D eigenvalue weighted by Gasteiger charge is 2.15. The van der Waals surface area contributed by atoms with Gasteiger partial charge in [0, 0.05) is 17.7 Å². The first kappa shape index (κ1) is 14.5. The van der Waals surface area contributed by atoms with Gasteiger partial charge in [0.05, 0.1) is 5.69 Å². The third-order valence-electron chi connectivity index (χ3n) is 3.41. The summed E-state index contributed by atoms with van der Waals surface area (Å²) in [4.78, 5) is 8.96. The maximum absolute atomic E-state index is 5.50. The lowest BCUT2D eigenvalue weighted by Gasteiger charge is -2.11. The van der Waals surface area contributed by atoms with Crippen LogP contribution in [0.2, 0.25) is 0 Å². The van der Waals surface area contributed by atoms with Crippen LogP contribution in [0.25, 0.3) is 5.82 Å². The monoisotopic (exact) mass is 274 g/mol. The number of nitrogens with two attached hydrogens (primary N) is 1. The van der Waals surface area contributed by atoms with Crippen LogP contribution < -0.4 is 11.3 Å². The molecule has 0 amide bonds. The van der Waals surface area contributed by atoms with Crippen LogP contribution >= 0.6 is 0 Å². The van der Waals surface area contributed by atoms with E-state index in [1.807, 2.05) is 17.7 Å². The summed E-state index contributed by atoms with van der Waals surface area (Å²) >= 11 is 0. The predicted octanol–water partition coefficient (Wildman–Crippen LogP) is 2.25. The van der Waals surface area contributed by atoms with E-state index in [1.165, 1.54) is 5.56 Å². The maximum Gasteiger partial charge on any atom is 0.159 e. The molecule has 20 heavy (non-hydrogen) atoms. The molecule has 2 aromatic rings. The van der Waals surface area contributed by atoms with Crippen molar-refractivity contribution < 1.29 is 0 Å². The Balaban J connectivity index is 2.60. The zero-order chi connectivity index (χ0) is 14.9. The van der Waals surface area contributed by atoms with Crippen LogP contribution in [0.3, 0.4) is 0 Å². The Hall–Kier alpha value is -1.95. The van der Waals surface area contributed by atoms with Gasteiger partial charge in [-0.3, -0.25) is 0 Å². The summed E-state index contributed by atoms with van der Waals surface area (Å²) in [6.45, 7) is 10.3. The summed E-state index contributed by atoms with van der Waals surface area (Å²) in [6, 6.07) is 1.81. The maximum atomic E-state index is 5.50. The van der Waals surface area contributed by atoms with E-state index in [4.69, 9.17) is 5.84 Å². The van der Waals surface area contributed by atoms with E-state index in [0.717, 1.165) is 29.5 Å². The van der Waals surface area contributed by atoms with E-state index in [-0.39, 0.29) is 5.92 Å². The zero-order valence-corrected chi connectivity index (χ0v) is 12.7. The van der Waals surface area contributed by atoms with E-state index in [9.17, 15) is 0 Å². The van der Waals surface area contributed by atoms with Gasteiger partial charge < -0.3 is 5.43 Å². The molecule has 0 radical (unpaired) electrons. The summed E-state index contributed by atoms with van der Waals surface area (Å²) in [7, 11) is 0. The molecule has 0 aliphatic rings. The topological polar surface area (TPSA) is 81.7 Å². The Morgan fingerprint density at radius 3 is 2.50 bits per heavy atom. The van der Waals surface area contributed by atoms with E-state index < -0.39 is 0 Å². The number of hydrogen-bond acceptors (Lipinski definition) is 5. The standard InChI is InChI=1S/C14H22N6/c1-6-11-9(4)19-20(10(11)5)13-7-12(18-15)16-14(17-13)8(2)3/h7-8H,6,15H2,1-5H3,(H,16,17,18). The van der Waals surface area contributed by atoms with Crippen molar-refractivity contribution >= 4 is 5.82 Å². The van der Waals surface area contributed by atoms with Crippen molar-refractivity contribution in [1.82, 2.24) is 19.7 Å². The van der Waals surface area contributed by atoms with Gasteiger partial charge in [0.2, 0.25) is 0 Å². The van der Waals surface area contributed by atoms with Gasteiger partial charge >= 0.3 is 0 Å². The molecule has 0 aromatic carbocycles. The van der Waals surface area contributed by atoms with E-state index in [0.29, 0.717) is 5.82 Å². The number of hydrazine groups is 1. The van der Waals surface area contributed by atoms with Crippen molar-refractivity contribution in [3.05, 3.63) is 28.8 Å². The van der Waals surface area contributed by atoms with Crippen molar-refractivity contribution in [1.29, 1.82) is 0 Å². The Kier molecular flexibility index (Phi) is 4.04. The first-order chi connectivity index (χ1) is 9.47. The van der Waals surface area contributed by atoms with Crippen molar-refractivity contribution in [2.75, 3.05) is 5.43 Å². The molecule has 0 saturated carbocycles. The number of aromatic nitrogens is 4. The van der Waals surface area contributed by atoms with Crippen LogP contribution in [-0.4, -0.2) is 19.7 Å². The fourth-order valence-electron chi connectivity index (χ4n) is 2.30. The average Bonchev–Trinajstić information content (AvgIpc) is 2.72. The van der Waals surface area contributed by atoms with Crippen LogP contribution in [0.1, 0.15) is 49.5 Å². The predicted molar refractivity (Wildman–Crippen MR) is 79.9 cm³/mol. The van der Waals surface area contributed by atoms with Crippen molar-refractivity contribution in [3.8, 4) is 5.82 Å². The minimum atomic E-state index is 0.227. The molecule has 6 heteroatoms. The van der Waals surface area contributed by atoms with Gasteiger partial charge in [-0.2, -0.15) is 5.10 Å². The molecule has 0 aliphatic heterocycles. The molecule has 0 saturated heterocycles. The number of anilines is 1. The smallest absolute Gasteiger partial charge is 0.159 e. The van der Waals surface area contributed by atoms with Crippen molar-refractivity contribution in [3.63, 3.8) is 0 Å². The number of rotatable bonds is 4. The molecule has 3 N–H and O–H groups in total. The number of nitrogens with one attached hydrogen (secondary N) is 1. The highest BCUT2D eigenvalue weighted by atomic mass is 15.3. The van der Waals surface area contributed by atoms with Crippen LogP contribution in [-0.2, 0) is 6.42 Å². The highest BCUT2D eigenvalue weighted by molar-refractivity contribution is 5.42. The molecule has 2 aromatic heterocycles. The van der Waals surface area contributed by atoms with Crippen molar-refractivity contribution in [2.24, 2.45) is 5.84 Å². The van der Waals surface area contributed by atoms with Gasteiger partial charge in [0.25, 0.3) is 0 Å². The summed E-state index contributed by atoms with van der Waals surface area (Å²) in [5, 5.41) is 4.58. The quantitative estimate of drug-likeness (QED) is 0.660. The van der Waals surface area contributed by atoms with Crippen LogP contribution in [0, 0.1) is 13.8 Å². The van der Waals surface area contributed by atoms with Gasteiger partial charge in [0.1, 0.15) is 11.6 Å². The number of nitrogens with zero attached hydrogens (tertiary/aromatic N) is 4. The SMILES string of the molecule is CCc1c(C)nn(-c2cc(NN)nc(C(C)C)n2)c1C. The minimum Gasteiger partial charge on any atom is -0.308 e. The van der Waals surface area contributed by atoms with Crippen LogP contribution in [0.15, 0.2) is 6.07 Å². The summed E-state index contributed by atoms with van der Waals surface area (Å²) < 4.78 is 1.86. The third kappa shape index (κ3) is 2.51. The summed E-state index contributed by atoms with van der Waals surface area (Å²) in [5.41, 5.74) is 6.01.